The van der Waals surface area contributed by atoms with Crippen molar-refractivity contribution in [3.63, 3.8) is 0 Å². The van der Waals surface area contributed by atoms with Gasteiger partial charge in [-0.3, -0.25) is 9.89 Å². The lowest BCUT2D eigenvalue weighted by Gasteiger charge is -2.11. The van der Waals surface area contributed by atoms with Crippen LogP contribution in [-0.2, 0) is 0 Å². The Kier molecular flexibility index (Phi) is 3.79. The largest absolute Gasteiger partial charge is 0.497 e. The Morgan fingerprint density at radius 2 is 2.10 bits per heavy atom. The third kappa shape index (κ3) is 2.51. The number of aromatic nitrogens is 2. The van der Waals surface area contributed by atoms with E-state index in [4.69, 9.17) is 15.2 Å². The Labute approximate surface area is 116 Å². The van der Waals surface area contributed by atoms with E-state index in [1.54, 1.807) is 32.2 Å². The summed E-state index contributed by atoms with van der Waals surface area (Å²) in [5.41, 5.74) is 7.07. The molecule has 7 heteroatoms. The smallest absolute Gasteiger partial charge is 0.261 e. The Bertz CT molecular complexity index is 617. The number of methoxy groups -OCH3 is 2. The Morgan fingerprint density at radius 1 is 1.35 bits per heavy atom. The molecule has 0 aliphatic rings. The van der Waals surface area contributed by atoms with Crippen LogP contribution in [0, 0.1) is 6.92 Å². The summed E-state index contributed by atoms with van der Waals surface area (Å²) in [4.78, 5) is 12.2. The fourth-order valence-corrected chi connectivity index (χ4v) is 1.83. The van der Waals surface area contributed by atoms with Crippen LogP contribution in [0.4, 0.5) is 11.5 Å². The zero-order valence-electron chi connectivity index (χ0n) is 11.5. The highest BCUT2D eigenvalue weighted by molar-refractivity contribution is 6.08. The standard InChI is InChI=1S/C13H16N4O3/c1-7-11(12(14)17-16-7)13(18)15-9-6-8(19-2)4-5-10(9)20-3/h4-6H,1-3H3,(H,15,18)(H3,14,16,17). The number of carbonyl (C=O) groups is 1. The van der Waals surface area contributed by atoms with Crippen molar-refractivity contribution in [2.45, 2.75) is 6.92 Å². The van der Waals surface area contributed by atoms with E-state index >= 15 is 0 Å². The summed E-state index contributed by atoms with van der Waals surface area (Å²) in [5.74, 6) is 0.930. The predicted octanol–water partition coefficient (Wildman–Crippen LogP) is 1.57. The van der Waals surface area contributed by atoms with Gasteiger partial charge in [-0.05, 0) is 19.1 Å². The summed E-state index contributed by atoms with van der Waals surface area (Å²) < 4.78 is 10.3. The fraction of sp³-hybridized carbons (Fsp3) is 0.231. The van der Waals surface area contributed by atoms with Crippen LogP contribution in [0.5, 0.6) is 11.5 Å². The third-order valence-electron chi connectivity index (χ3n) is 2.86. The van der Waals surface area contributed by atoms with Gasteiger partial charge in [0.2, 0.25) is 0 Å². The summed E-state index contributed by atoms with van der Waals surface area (Å²) in [6, 6.07) is 5.12. The number of aryl methyl sites for hydroxylation is 1. The van der Waals surface area contributed by atoms with Crippen molar-refractivity contribution in [2.24, 2.45) is 0 Å². The van der Waals surface area contributed by atoms with Gasteiger partial charge in [0.05, 0.1) is 19.9 Å². The maximum absolute atomic E-state index is 12.2. The van der Waals surface area contributed by atoms with Crippen LogP contribution in [0.25, 0.3) is 0 Å². The minimum atomic E-state index is -0.361. The van der Waals surface area contributed by atoms with Crippen LogP contribution in [-0.4, -0.2) is 30.3 Å². The highest BCUT2D eigenvalue weighted by Crippen LogP contribution is 2.29. The van der Waals surface area contributed by atoms with Gasteiger partial charge in [-0.1, -0.05) is 0 Å². The first-order valence-corrected chi connectivity index (χ1v) is 5.90. The number of nitrogens with two attached hydrogens (primary N) is 1. The SMILES string of the molecule is COc1ccc(OC)c(NC(=O)c2c(N)n[nH]c2C)c1. The lowest BCUT2D eigenvalue weighted by molar-refractivity contribution is 0.102. The van der Waals surface area contributed by atoms with Crippen molar-refractivity contribution in [2.75, 3.05) is 25.3 Å². The molecule has 7 nitrogen and oxygen atoms in total. The molecular weight excluding hydrogens is 260 g/mol. The maximum atomic E-state index is 12.2. The molecule has 1 amide bonds. The number of anilines is 2. The molecule has 1 heterocycles. The highest BCUT2D eigenvalue weighted by Gasteiger charge is 2.18. The van der Waals surface area contributed by atoms with Crippen molar-refractivity contribution in [3.05, 3.63) is 29.5 Å². The molecule has 0 saturated heterocycles. The monoisotopic (exact) mass is 276 g/mol. The van der Waals surface area contributed by atoms with E-state index in [0.29, 0.717) is 28.4 Å². The molecule has 0 saturated carbocycles. The molecule has 4 N–H and O–H groups in total. The molecule has 0 unspecified atom stereocenters. The van der Waals surface area contributed by atoms with Crippen LogP contribution < -0.4 is 20.5 Å². The van der Waals surface area contributed by atoms with Crippen molar-refractivity contribution in [1.29, 1.82) is 0 Å². The van der Waals surface area contributed by atoms with E-state index in [9.17, 15) is 4.79 Å². The second kappa shape index (κ2) is 5.52. The lowest BCUT2D eigenvalue weighted by Crippen LogP contribution is -2.15. The van der Waals surface area contributed by atoms with Gasteiger partial charge in [-0.25, -0.2) is 0 Å². The van der Waals surface area contributed by atoms with E-state index in [1.165, 1.54) is 7.11 Å². The molecular formula is C13H16N4O3. The van der Waals surface area contributed by atoms with Crippen molar-refractivity contribution < 1.29 is 14.3 Å². The second-order valence-electron chi connectivity index (χ2n) is 4.13. The van der Waals surface area contributed by atoms with Crippen LogP contribution in [0.3, 0.4) is 0 Å². The molecule has 0 aliphatic heterocycles. The zero-order chi connectivity index (χ0) is 14.7. The van der Waals surface area contributed by atoms with Crippen LogP contribution >= 0.6 is 0 Å². The Hall–Kier alpha value is -2.70. The minimum Gasteiger partial charge on any atom is -0.497 e. The molecule has 2 rings (SSSR count). The number of nitrogens with one attached hydrogen (secondary N) is 2. The first-order chi connectivity index (χ1) is 9.56. The van der Waals surface area contributed by atoms with Gasteiger partial charge in [-0.2, -0.15) is 5.10 Å². The molecule has 106 valence electrons. The van der Waals surface area contributed by atoms with Gasteiger partial charge in [0.25, 0.3) is 5.91 Å². The summed E-state index contributed by atoms with van der Waals surface area (Å²) in [6.07, 6.45) is 0. The molecule has 0 spiro atoms. The molecule has 0 atom stereocenters. The second-order valence-corrected chi connectivity index (χ2v) is 4.13. The van der Waals surface area contributed by atoms with Crippen LogP contribution in [0.15, 0.2) is 18.2 Å². The number of carbonyl (C=O) groups excluding carboxylic acids is 1. The number of aromatic amines is 1. The molecule has 0 radical (unpaired) electrons. The van der Waals surface area contributed by atoms with Gasteiger partial charge < -0.3 is 20.5 Å². The van der Waals surface area contributed by atoms with Crippen LogP contribution in [0.2, 0.25) is 0 Å². The van der Waals surface area contributed by atoms with Gasteiger partial charge in [0, 0.05) is 11.8 Å². The highest BCUT2D eigenvalue weighted by atomic mass is 16.5. The number of ether oxygens (including phenoxy) is 2. The fourth-order valence-electron chi connectivity index (χ4n) is 1.83. The van der Waals surface area contributed by atoms with E-state index in [-0.39, 0.29) is 11.7 Å². The molecule has 0 bridgehead atoms. The van der Waals surface area contributed by atoms with Gasteiger partial charge in [0.1, 0.15) is 17.1 Å². The lowest BCUT2D eigenvalue weighted by atomic mass is 10.2. The number of nitrogens with zero attached hydrogens (tertiary/aromatic N) is 1. The molecule has 0 fully saturated rings. The molecule has 2 aromatic rings. The van der Waals surface area contributed by atoms with E-state index in [0.717, 1.165) is 0 Å². The molecule has 0 aliphatic carbocycles. The number of hydrogen-bond donors (Lipinski definition) is 3. The maximum Gasteiger partial charge on any atom is 0.261 e. The normalized spacial score (nSPS) is 10.2. The predicted molar refractivity (Wildman–Crippen MR) is 75.2 cm³/mol. The molecule has 1 aromatic carbocycles. The van der Waals surface area contributed by atoms with Crippen molar-refractivity contribution >= 4 is 17.4 Å². The number of amides is 1. The summed E-state index contributed by atoms with van der Waals surface area (Å²) >= 11 is 0. The Balaban J connectivity index is 2.32. The number of benzene rings is 1. The average Bonchev–Trinajstić information content (AvgIpc) is 2.78. The van der Waals surface area contributed by atoms with Crippen molar-refractivity contribution in [1.82, 2.24) is 10.2 Å². The topological polar surface area (TPSA) is 102 Å². The number of rotatable bonds is 4. The van der Waals surface area contributed by atoms with Crippen molar-refractivity contribution in [3.8, 4) is 11.5 Å². The van der Waals surface area contributed by atoms with Gasteiger partial charge in [-0.15, -0.1) is 0 Å². The third-order valence-corrected chi connectivity index (χ3v) is 2.86. The number of nitrogen functional groups attached to an aromatic ring is 1. The number of H-pyrrole nitrogens is 1. The number of hydrogen-bond acceptors (Lipinski definition) is 5. The van der Waals surface area contributed by atoms with E-state index in [2.05, 4.69) is 15.5 Å². The minimum absolute atomic E-state index is 0.155. The summed E-state index contributed by atoms with van der Waals surface area (Å²) in [7, 11) is 3.07. The zero-order valence-corrected chi connectivity index (χ0v) is 11.5. The molecule has 20 heavy (non-hydrogen) atoms. The van der Waals surface area contributed by atoms with Gasteiger partial charge >= 0.3 is 0 Å². The summed E-state index contributed by atoms with van der Waals surface area (Å²) in [5, 5.41) is 9.19. The Morgan fingerprint density at radius 3 is 2.65 bits per heavy atom. The quantitative estimate of drug-likeness (QED) is 0.786. The summed E-state index contributed by atoms with van der Waals surface area (Å²) in [6.45, 7) is 1.72. The first kappa shape index (κ1) is 13.7. The van der Waals surface area contributed by atoms with Gasteiger partial charge in [0.15, 0.2) is 5.82 Å². The van der Waals surface area contributed by atoms with E-state index < -0.39 is 0 Å². The van der Waals surface area contributed by atoms with Crippen LogP contribution in [0.1, 0.15) is 16.1 Å². The van der Waals surface area contributed by atoms with E-state index in [1.807, 2.05) is 0 Å². The average molecular weight is 276 g/mol. The molecule has 1 aromatic heterocycles. The first-order valence-electron chi connectivity index (χ1n) is 5.90.